The number of halogens is 1. The second-order valence-electron chi connectivity index (χ2n) is 5.14. The molecule has 0 radical (unpaired) electrons. The van der Waals surface area contributed by atoms with Gasteiger partial charge in [0.2, 0.25) is 0 Å². The zero-order valence-electron chi connectivity index (χ0n) is 11.8. The molecule has 1 aromatic heterocycles. The summed E-state index contributed by atoms with van der Waals surface area (Å²) < 4.78 is 5.28. The molecule has 22 heavy (non-hydrogen) atoms. The van der Waals surface area contributed by atoms with E-state index in [2.05, 4.69) is 15.6 Å². The SMILES string of the molecule is O=C(Nc1cccc(Cl)c1)Oc1ncsc1NC1CCCC1. The first-order valence-electron chi connectivity index (χ1n) is 7.15. The number of carbonyl (C=O) groups excluding carboxylic acids is 1. The smallest absolute Gasteiger partial charge is 0.388 e. The van der Waals surface area contributed by atoms with Crippen LogP contribution in [0.3, 0.4) is 0 Å². The van der Waals surface area contributed by atoms with E-state index in [1.165, 1.54) is 24.2 Å². The van der Waals surface area contributed by atoms with Crippen LogP contribution in [0.4, 0.5) is 15.5 Å². The average molecular weight is 338 g/mol. The lowest BCUT2D eigenvalue weighted by Gasteiger charge is -2.12. The van der Waals surface area contributed by atoms with Crippen molar-refractivity contribution < 1.29 is 9.53 Å². The van der Waals surface area contributed by atoms with Crippen LogP contribution in [0.1, 0.15) is 25.7 Å². The van der Waals surface area contributed by atoms with Gasteiger partial charge in [-0.15, -0.1) is 11.3 Å². The molecule has 0 bridgehead atoms. The molecule has 1 heterocycles. The number of amides is 1. The highest BCUT2D eigenvalue weighted by atomic mass is 35.5. The third-order valence-corrected chi connectivity index (χ3v) is 4.46. The maximum Gasteiger partial charge on any atom is 0.418 e. The molecule has 0 spiro atoms. The normalized spacial score (nSPS) is 14.8. The number of ether oxygens (including phenoxy) is 1. The summed E-state index contributed by atoms with van der Waals surface area (Å²) in [5, 5.41) is 7.38. The van der Waals surface area contributed by atoms with Gasteiger partial charge in [-0.25, -0.2) is 9.78 Å². The number of benzene rings is 1. The lowest BCUT2D eigenvalue weighted by atomic mass is 10.2. The Morgan fingerprint density at radius 2 is 2.18 bits per heavy atom. The van der Waals surface area contributed by atoms with Gasteiger partial charge in [0.25, 0.3) is 5.88 Å². The number of rotatable bonds is 4. The van der Waals surface area contributed by atoms with E-state index in [1.807, 2.05) is 0 Å². The number of thiazole rings is 1. The van der Waals surface area contributed by atoms with Crippen LogP contribution >= 0.6 is 22.9 Å². The van der Waals surface area contributed by atoms with Gasteiger partial charge >= 0.3 is 6.09 Å². The summed E-state index contributed by atoms with van der Waals surface area (Å²) in [5.74, 6) is 0.316. The van der Waals surface area contributed by atoms with Gasteiger partial charge in [0.05, 0.1) is 5.51 Å². The van der Waals surface area contributed by atoms with Crippen LogP contribution in [0.15, 0.2) is 29.8 Å². The van der Waals surface area contributed by atoms with Crippen molar-refractivity contribution in [2.24, 2.45) is 0 Å². The summed E-state index contributed by atoms with van der Waals surface area (Å²) in [6.07, 6.45) is 4.18. The molecule has 2 N–H and O–H groups in total. The first kappa shape index (κ1) is 15.1. The third kappa shape index (κ3) is 3.90. The third-order valence-electron chi connectivity index (χ3n) is 3.49. The molecule has 1 amide bonds. The molecule has 2 aromatic rings. The molecule has 1 aliphatic carbocycles. The highest BCUT2D eigenvalue weighted by Gasteiger charge is 2.19. The molecule has 1 aromatic carbocycles. The van der Waals surface area contributed by atoms with E-state index in [9.17, 15) is 4.79 Å². The highest BCUT2D eigenvalue weighted by Crippen LogP contribution is 2.31. The standard InChI is InChI=1S/C15H16ClN3O2S/c16-10-4-3-7-12(8-10)19-15(20)21-13-14(22-9-17-13)18-11-5-1-2-6-11/h3-4,7-9,11,18H,1-2,5-6H2,(H,19,20). The Hall–Kier alpha value is -1.79. The summed E-state index contributed by atoms with van der Waals surface area (Å²) in [6.45, 7) is 0. The Balaban J connectivity index is 1.60. The van der Waals surface area contributed by atoms with Crippen molar-refractivity contribution in [1.82, 2.24) is 4.98 Å². The zero-order valence-corrected chi connectivity index (χ0v) is 13.4. The van der Waals surface area contributed by atoms with Crippen LogP contribution in [0.5, 0.6) is 5.88 Å². The maximum atomic E-state index is 11.9. The lowest BCUT2D eigenvalue weighted by molar-refractivity contribution is 0.214. The summed E-state index contributed by atoms with van der Waals surface area (Å²) in [4.78, 5) is 16.0. The number of anilines is 2. The largest absolute Gasteiger partial charge is 0.418 e. The minimum atomic E-state index is -0.581. The lowest BCUT2D eigenvalue weighted by Crippen LogP contribution is -2.19. The van der Waals surface area contributed by atoms with E-state index in [0.717, 1.165) is 17.8 Å². The van der Waals surface area contributed by atoms with Crippen LogP contribution in [-0.2, 0) is 0 Å². The van der Waals surface area contributed by atoms with Crippen molar-refractivity contribution in [3.63, 3.8) is 0 Å². The molecule has 0 saturated heterocycles. The van der Waals surface area contributed by atoms with Crippen LogP contribution in [-0.4, -0.2) is 17.1 Å². The molecule has 1 aliphatic rings. The Morgan fingerprint density at radius 1 is 1.36 bits per heavy atom. The van der Waals surface area contributed by atoms with E-state index in [1.54, 1.807) is 29.8 Å². The van der Waals surface area contributed by atoms with Crippen molar-refractivity contribution in [3.05, 3.63) is 34.8 Å². The fourth-order valence-electron chi connectivity index (χ4n) is 2.46. The molecule has 0 aliphatic heterocycles. The first-order valence-corrected chi connectivity index (χ1v) is 8.41. The van der Waals surface area contributed by atoms with E-state index in [0.29, 0.717) is 22.6 Å². The number of nitrogens with one attached hydrogen (secondary N) is 2. The van der Waals surface area contributed by atoms with Crippen molar-refractivity contribution >= 4 is 39.7 Å². The van der Waals surface area contributed by atoms with Gasteiger partial charge in [-0.05, 0) is 31.0 Å². The topological polar surface area (TPSA) is 63.2 Å². The molecule has 3 rings (SSSR count). The van der Waals surface area contributed by atoms with Gasteiger partial charge in [-0.2, -0.15) is 0 Å². The number of nitrogens with zero attached hydrogens (tertiary/aromatic N) is 1. The molecular formula is C15H16ClN3O2S. The van der Waals surface area contributed by atoms with Crippen LogP contribution in [0, 0.1) is 0 Å². The number of hydrogen-bond acceptors (Lipinski definition) is 5. The second-order valence-corrected chi connectivity index (χ2v) is 6.43. The number of aromatic nitrogens is 1. The van der Waals surface area contributed by atoms with Crippen molar-refractivity contribution in [3.8, 4) is 5.88 Å². The number of hydrogen-bond donors (Lipinski definition) is 2. The Kier molecular flexibility index (Phi) is 4.80. The van der Waals surface area contributed by atoms with Gasteiger partial charge in [0.15, 0.2) is 5.00 Å². The Bertz CT molecular complexity index is 656. The maximum absolute atomic E-state index is 11.9. The van der Waals surface area contributed by atoms with Gasteiger partial charge in [-0.3, -0.25) is 5.32 Å². The summed E-state index contributed by atoms with van der Waals surface area (Å²) in [6, 6.07) is 7.34. The first-order chi connectivity index (χ1) is 10.7. The second kappa shape index (κ2) is 6.98. The molecular weight excluding hydrogens is 322 g/mol. The van der Waals surface area contributed by atoms with Crippen LogP contribution < -0.4 is 15.4 Å². The monoisotopic (exact) mass is 337 g/mol. The Morgan fingerprint density at radius 3 is 2.95 bits per heavy atom. The number of carbonyl (C=O) groups is 1. The molecule has 1 saturated carbocycles. The van der Waals surface area contributed by atoms with Crippen LogP contribution in [0.2, 0.25) is 5.02 Å². The van der Waals surface area contributed by atoms with Crippen molar-refractivity contribution in [2.45, 2.75) is 31.7 Å². The molecule has 0 atom stereocenters. The average Bonchev–Trinajstić information content (AvgIpc) is 3.12. The molecule has 5 nitrogen and oxygen atoms in total. The minimum Gasteiger partial charge on any atom is -0.388 e. The van der Waals surface area contributed by atoms with Gasteiger partial charge in [-0.1, -0.05) is 30.5 Å². The van der Waals surface area contributed by atoms with E-state index in [4.69, 9.17) is 16.3 Å². The molecule has 7 heteroatoms. The predicted octanol–water partition coefficient (Wildman–Crippen LogP) is 4.76. The summed E-state index contributed by atoms with van der Waals surface area (Å²) in [7, 11) is 0. The van der Waals surface area contributed by atoms with Crippen LogP contribution in [0.25, 0.3) is 0 Å². The highest BCUT2D eigenvalue weighted by molar-refractivity contribution is 7.14. The summed E-state index contributed by atoms with van der Waals surface area (Å²) >= 11 is 7.32. The van der Waals surface area contributed by atoms with E-state index in [-0.39, 0.29) is 0 Å². The summed E-state index contributed by atoms with van der Waals surface area (Å²) in [5.41, 5.74) is 2.25. The van der Waals surface area contributed by atoms with Gasteiger partial charge < -0.3 is 10.1 Å². The molecule has 0 unspecified atom stereocenters. The van der Waals surface area contributed by atoms with Crippen molar-refractivity contribution in [2.75, 3.05) is 10.6 Å². The molecule has 116 valence electrons. The predicted molar refractivity (Wildman–Crippen MR) is 89.1 cm³/mol. The Labute approximate surface area is 137 Å². The van der Waals surface area contributed by atoms with E-state index < -0.39 is 6.09 Å². The zero-order chi connectivity index (χ0) is 15.4. The molecule has 1 fully saturated rings. The van der Waals surface area contributed by atoms with E-state index >= 15 is 0 Å². The van der Waals surface area contributed by atoms with Gasteiger partial charge in [0, 0.05) is 16.8 Å². The fourth-order valence-corrected chi connectivity index (χ4v) is 3.33. The fraction of sp³-hybridized carbons (Fsp3) is 0.333. The van der Waals surface area contributed by atoms with Crippen molar-refractivity contribution in [1.29, 1.82) is 0 Å². The van der Waals surface area contributed by atoms with Gasteiger partial charge in [0.1, 0.15) is 0 Å². The minimum absolute atomic E-state index is 0.316. The quantitative estimate of drug-likeness (QED) is 0.844.